The molecular formula is C55H99N3O22. The van der Waals surface area contributed by atoms with Crippen LogP contribution in [0.15, 0.2) is 0 Å². The Kier molecular flexibility index (Phi) is 34.8. The monoisotopic (exact) mass is 1150 g/mol. The van der Waals surface area contributed by atoms with Gasteiger partial charge in [-0.2, -0.15) is 0 Å². The molecule has 0 spiro atoms. The van der Waals surface area contributed by atoms with Crippen LogP contribution in [0.3, 0.4) is 0 Å². The molecule has 466 valence electrons. The molecular weight excluding hydrogens is 1050 g/mol. The lowest BCUT2D eigenvalue weighted by Crippen LogP contribution is -2.67. The third kappa shape index (κ3) is 24.9. The molecule has 4 fully saturated rings. The van der Waals surface area contributed by atoms with Crippen molar-refractivity contribution in [2.45, 2.75) is 177 Å². The molecule has 15 atom stereocenters. The van der Waals surface area contributed by atoms with E-state index >= 15 is 0 Å². The molecule has 0 bridgehead atoms. The minimum atomic E-state index is -1.65. The van der Waals surface area contributed by atoms with E-state index in [-0.39, 0.29) is 55.9 Å². The number of ether oxygens (including phenoxy) is 13. The summed E-state index contributed by atoms with van der Waals surface area (Å²) in [6.45, 7) is 10.7. The SMILES string of the molecule is CCC1CC(C(=O)CCCNC(=O)CCOCCOCCOCCOCCOCCOCCOCCOC)C[C@@H](O[C@@H]2O[C@@H](CO)[C@H](O)C(O[C@@H](CC3CCCCC3)C(=O)N(C)C)C2NC(C)=O)[C@@H]1OC1O[C@@H](C)[C@H](O)C(O)[C@@H]1O. The quantitative estimate of drug-likeness (QED) is 0.0397. The highest BCUT2D eigenvalue weighted by Gasteiger charge is 2.53. The van der Waals surface area contributed by atoms with Crippen molar-refractivity contribution in [3.63, 3.8) is 0 Å². The van der Waals surface area contributed by atoms with E-state index in [1.54, 1.807) is 21.2 Å². The number of amides is 3. The number of aliphatic hydroxyl groups is 5. The van der Waals surface area contributed by atoms with Crippen LogP contribution in [0.1, 0.15) is 97.8 Å². The van der Waals surface area contributed by atoms with Gasteiger partial charge in [0.1, 0.15) is 54.6 Å². The molecule has 2 heterocycles. The molecule has 3 amide bonds. The largest absolute Gasteiger partial charge is 0.394 e. The number of rotatable bonds is 41. The smallest absolute Gasteiger partial charge is 0.251 e. The lowest BCUT2D eigenvalue weighted by Gasteiger charge is -2.49. The molecule has 2 aliphatic heterocycles. The second-order valence-corrected chi connectivity index (χ2v) is 21.2. The van der Waals surface area contributed by atoms with E-state index in [0.717, 1.165) is 32.1 Å². The Morgan fingerprint density at radius 3 is 1.75 bits per heavy atom. The Morgan fingerprint density at radius 1 is 0.662 bits per heavy atom. The Bertz CT molecular complexity index is 1700. The van der Waals surface area contributed by atoms with Crippen LogP contribution in [-0.2, 0) is 80.8 Å². The topological polar surface area (TPSA) is 317 Å². The molecule has 2 saturated carbocycles. The first kappa shape index (κ1) is 69.9. The van der Waals surface area contributed by atoms with Gasteiger partial charge in [0.2, 0.25) is 11.8 Å². The predicted molar refractivity (Wildman–Crippen MR) is 286 cm³/mol. The first-order valence-corrected chi connectivity index (χ1v) is 29.0. The number of nitrogens with one attached hydrogen (secondary N) is 2. The maximum absolute atomic E-state index is 14.1. The highest BCUT2D eigenvalue weighted by molar-refractivity contribution is 5.81. The van der Waals surface area contributed by atoms with Gasteiger partial charge in [-0.05, 0) is 44.4 Å². The number of nitrogens with zero attached hydrogens (tertiary/aromatic N) is 1. The number of aliphatic hydroxyl groups excluding tert-OH is 5. The highest BCUT2D eigenvalue weighted by Crippen LogP contribution is 2.40. The van der Waals surface area contributed by atoms with Crippen molar-refractivity contribution >= 4 is 23.5 Å². The van der Waals surface area contributed by atoms with Gasteiger partial charge >= 0.3 is 0 Å². The van der Waals surface area contributed by atoms with Crippen LogP contribution in [0, 0.1) is 17.8 Å². The summed E-state index contributed by atoms with van der Waals surface area (Å²) in [6.07, 6.45) is -8.63. The zero-order chi connectivity index (χ0) is 58.2. The van der Waals surface area contributed by atoms with Crippen LogP contribution >= 0.6 is 0 Å². The summed E-state index contributed by atoms with van der Waals surface area (Å²) in [6, 6.07) is -1.23. The summed E-state index contributed by atoms with van der Waals surface area (Å²) >= 11 is 0. The van der Waals surface area contributed by atoms with Crippen molar-refractivity contribution < 1.29 is 106 Å². The molecule has 2 aliphatic carbocycles. The number of Topliss-reactive ketones (excluding diaryl/α,β-unsaturated/α-hetero) is 1. The van der Waals surface area contributed by atoms with Crippen molar-refractivity contribution in [3.05, 3.63) is 0 Å². The third-order valence-electron chi connectivity index (χ3n) is 14.9. The fraction of sp³-hybridized carbons (Fsp3) is 0.927. The maximum atomic E-state index is 14.1. The molecule has 0 aromatic rings. The number of likely N-dealkylation sites (N-methyl/N-ethyl adjacent to an activating group) is 1. The Labute approximate surface area is 472 Å². The molecule has 0 radical (unpaired) electrons. The number of ketones is 1. The fourth-order valence-electron chi connectivity index (χ4n) is 10.4. The summed E-state index contributed by atoms with van der Waals surface area (Å²) in [4.78, 5) is 54.9. The van der Waals surface area contributed by atoms with Gasteiger partial charge in [-0.15, -0.1) is 0 Å². The second-order valence-electron chi connectivity index (χ2n) is 21.2. The number of methoxy groups -OCH3 is 1. The zero-order valence-corrected chi connectivity index (χ0v) is 48.4. The minimum absolute atomic E-state index is 0.0647. The average molecular weight is 1150 g/mol. The predicted octanol–water partition coefficient (Wildman–Crippen LogP) is 0.0339. The summed E-state index contributed by atoms with van der Waals surface area (Å²) in [5.74, 6) is -1.96. The van der Waals surface area contributed by atoms with E-state index in [0.29, 0.717) is 118 Å². The van der Waals surface area contributed by atoms with Gasteiger partial charge in [0.15, 0.2) is 12.6 Å². The number of carbonyl (C=O) groups is 4. The molecule has 4 rings (SSSR count). The standard InChI is InChI=1S/C55H99N3O22/c1-7-39-33-40(41(61)14-11-16-56-45(62)15-17-69-20-21-71-24-25-73-28-29-75-31-30-74-27-26-72-23-22-70-19-18-68-6)34-42(51(39)80-55-50(66)49(65)47(63)36(2)76-55)78-54-46(57-37(3)60)52(48(64)44(35-59)79-54)77-43(53(67)58(4)5)32-38-12-9-8-10-13-38/h36,38-40,42-44,46-52,54-55,59,63-66H,7-35H2,1-6H3,(H,56,62)(H,57,60)/t36-,39?,40?,42+,43-,44-,46?,47-,48-,49?,50-,51+,52?,54+,55?/m0/s1. The molecule has 0 aromatic carbocycles. The van der Waals surface area contributed by atoms with E-state index in [1.165, 1.54) is 18.7 Å². The van der Waals surface area contributed by atoms with E-state index < -0.39 is 104 Å². The molecule has 7 N–H and O–H groups in total. The van der Waals surface area contributed by atoms with E-state index in [2.05, 4.69) is 10.6 Å². The van der Waals surface area contributed by atoms with Gasteiger partial charge in [0.25, 0.3) is 5.91 Å². The summed E-state index contributed by atoms with van der Waals surface area (Å²) < 4.78 is 75.2. The maximum Gasteiger partial charge on any atom is 0.251 e. The average Bonchev–Trinajstić information content (AvgIpc) is 3.49. The van der Waals surface area contributed by atoms with Gasteiger partial charge in [-0.3, -0.25) is 19.2 Å². The molecule has 6 unspecified atom stereocenters. The van der Waals surface area contributed by atoms with Crippen LogP contribution in [0.4, 0.5) is 0 Å². The van der Waals surface area contributed by atoms with Crippen molar-refractivity contribution in [1.82, 2.24) is 15.5 Å². The van der Waals surface area contributed by atoms with Crippen LogP contribution in [0.5, 0.6) is 0 Å². The molecule has 4 aliphatic rings. The zero-order valence-electron chi connectivity index (χ0n) is 48.4. The van der Waals surface area contributed by atoms with Gasteiger partial charge in [0.05, 0.1) is 124 Å². The van der Waals surface area contributed by atoms with Gasteiger partial charge in [-0.25, -0.2) is 0 Å². The first-order valence-electron chi connectivity index (χ1n) is 29.0. The first-order chi connectivity index (χ1) is 38.6. The van der Waals surface area contributed by atoms with E-state index in [9.17, 15) is 44.7 Å². The Balaban J connectivity index is 1.25. The third-order valence-corrected chi connectivity index (χ3v) is 14.9. The van der Waals surface area contributed by atoms with E-state index in [4.69, 9.17) is 61.6 Å². The van der Waals surface area contributed by atoms with Crippen molar-refractivity contribution in [3.8, 4) is 0 Å². The second kappa shape index (κ2) is 39.8. The number of hydrogen-bond acceptors (Lipinski definition) is 22. The molecule has 25 nitrogen and oxygen atoms in total. The number of hydrogen-bond donors (Lipinski definition) is 7. The van der Waals surface area contributed by atoms with Gasteiger partial charge < -0.3 is 103 Å². The Morgan fingerprint density at radius 2 is 1.23 bits per heavy atom. The highest BCUT2D eigenvalue weighted by atomic mass is 16.7. The van der Waals surface area contributed by atoms with Crippen molar-refractivity contribution in [2.24, 2.45) is 17.8 Å². The van der Waals surface area contributed by atoms with Crippen LogP contribution < -0.4 is 10.6 Å². The molecule has 80 heavy (non-hydrogen) atoms. The van der Waals surface area contributed by atoms with Crippen LogP contribution in [0.2, 0.25) is 0 Å². The van der Waals surface area contributed by atoms with Crippen LogP contribution in [-0.4, -0.2) is 267 Å². The van der Waals surface area contributed by atoms with Crippen LogP contribution in [0.25, 0.3) is 0 Å². The number of carbonyl (C=O) groups excluding carboxylic acids is 4. The fourth-order valence-corrected chi connectivity index (χ4v) is 10.4. The summed E-state index contributed by atoms with van der Waals surface area (Å²) in [7, 11) is 4.85. The van der Waals surface area contributed by atoms with Gasteiger partial charge in [-0.1, -0.05) is 45.4 Å². The van der Waals surface area contributed by atoms with Crippen molar-refractivity contribution in [2.75, 3.05) is 133 Å². The van der Waals surface area contributed by atoms with Crippen molar-refractivity contribution in [1.29, 1.82) is 0 Å². The summed E-state index contributed by atoms with van der Waals surface area (Å²) in [5.41, 5.74) is 0. The minimum Gasteiger partial charge on any atom is -0.394 e. The molecule has 2 saturated heterocycles. The lowest BCUT2D eigenvalue weighted by molar-refractivity contribution is -0.338. The lowest BCUT2D eigenvalue weighted by atomic mass is 9.74. The van der Waals surface area contributed by atoms with Gasteiger partial charge in [0, 0.05) is 53.4 Å². The normalized spacial score (nSPS) is 29.7. The molecule has 25 heteroatoms. The van der Waals surface area contributed by atoms with E-state index in [1.807, 2.05) is 6.92 Å². The summed E-state index contributed by atoms with van der Waals surface area (Å²) in [5, 5.41) is 60.2. The Hall–Kier alpha value is -2.64. The molecule has 0 aromatic heterocycles.